The first kappa shape index (κ1) is 20.2. The van der Waals surface area contributed by atoms with Gasteiger partial charge in [0, 0.05) is 26.2 Å². The summed E-state index contributed by atoms with van der Waals surface area (Å²) in [6.45, 7) is 4.38. The lowest BCUT2D eigenvalue weighted by Crippen LogP contribution is -2.38. The Morgan fingerprint density at radius 2 is 1.78 bits per heavy atom. The van der Waals surface area contributed by atoms with Crippen molar-refractivity contribution in [1.29, 1.82) is 0 Å². The number of aliphatic imine (C=N–C) groups is 1. The first-order chi connectivity index (χ1) is 10.6. The Bertz CT molecular complexity index is 470. The summed E-state index contributed by atoms with van der Waals surface area (Å²) in [7, 11) is 2.04. The third-order valence-electron chi connectivity index (χ3n) is 4.05. The molecule has 1 aliphatic heterocycles. The van der Waals surface area contributed by atoms with Gasteiger partial charge in [-0.25, -0.2) is 4.39 Å². The van der Waals surface area contributed by atoms with Gasteiger partial charge in [-0.05, 0) is 37.6 Å². The van der Waals surface area contributed by atoms with E-state index in [2.05, 4.69) is 14.8 Å². The number of halogens is 2. The van der Waals surface area contributed by atoms with Gasteiger partial charge in [0.05, 0.1) is 6.54 Å². The van der Waals surface area contributed by atoms with Gasteiger partial charge in [-0.3, -0.25) is 4.99 Å². The number of nitrogens with two attached hydrogens (primary N) is 1. The van der Waals surface area contributed by atoms with E-state index in [4.69, 9.17) is 5.73 Å². The third-order valence-corrected chi connectivity index (χ3v) is 4.05. The molecule has 1 saturated heterocycles. The molecule has 2 rings (SSSR count). The van der Waals surface area contributed by atoms with Crippen LogP contribution in [0.3, 0.4) is 0 Å². The van der Waals surface area contributed by atoms with E-state index >= 15 is 0 Å². The normalized spacial score (nSPS) is 16.1. The Kier molecular flexibility index (Phi) is 9.47. The molecule has 0 aromatic heterocycles. The number of rotatable bonds is 5. The van der Waals surface area contributed by atoms with E-state index in [-0.39, 0.29) is 29.8 Å². The van der Waals surface area contributed by atoms with Gasteiger partial charge in [0.1, 0.15) is 5.82 Å². The molecular formula is C17H28FIN4. The first-order valence-corrected chi connectivity index (χ1v) is 8.13. The zero-order chi connectivity index (χ0) is 15.8. The van der Waals surface area contributed by atoms with Gasteiger partial charge in [0.15, 0.2) is 5.96 Å². The second-order valence-corrected chi connectivity index (χ2v) is 6.01. The number of guanidine groups is 1. The molecule has 0 aliphatic carbocycles. The van der Waals surface area contributed by atoms with Crippen molar-refractivity contribution in [3.8, 4) is 0 Å². The SMILES string of the molecule is CN(CCN=C(N)N1CCCCCC1)Cc1ccc(F)cc1.I. The first-order valence-electron chi connectivity index (χ1n) is 8.13. The number of benzene rings is 1. The van der Waals surface area contributed by atoms with E-state index in [1.54, 1.807) is 0 Å². The van der Waals surface area contributed by atoms with Crippen molar-refractivity contribution < 1.29 is 4.39 Å². The van der Waals surface area contributed by atoms with Gasteiger partial charge < -0.3 is 15.5 Å². The van der Waals surface area contributed by atoms with Crippen molar-refractivity contribution >= 4 is 29.9 Å². The molecule has 1 aromatic carbocycles. The topological polar surface area (TPSA) is 44.9 Å². The highest BCUT2D eigenvalue weighted by Gasteiger charge is 2.10. The van der Waals surface area contributed by atoms with Gasteiger partial charge in [-0.15, -0.1) is 24.0 Å². The van der Waals surface area contributed by atoms with E-state index in [0.717, 1.165) is 31.7 Å². The summed E-state index contributed by atoms with van der Waals surface area (Å²) in [6.07, 6.45) is 5.01. The summed E-state index contributed by atoms with van der Waals surface area (Å²) >= 11 is 0. The number of hydrogen-bond donors (Lipinski definition) is 1. The van der Waals surface area contributed by atoms with Crippen LogP contribution in [0, 0.1) is 5.82 Å². The molecule has 130 valence electrons. The highest BCUT2D eigenvalue weighted by Crippen LogP contribution is 2.09. The molecule has 1 fully saturated rings. The maximum atomic E-state index is 12.9. The monoisotopic (exact) mass is 434 g/mol. The zero-order valence-electron chi connectivity index (χ0n) is 13.9. The van der Waals surface area contributed by atoms with Gasteiger partial charge in [0.2, 0.25) is 0 Å². The van der Waals surface area contributed by atoms with Crippen LogP contribution in [0.5, 0.6) is 0 Å². The van der Waals surface area contributed by atoms with Crippen molar-refractivity contribution in [2.45, 2.75) is 32.2 Å². The van der Waals surface area contributed by atoms with Crippen LogP contribution in [0.1, 0.15) is 31.2 Å². The second kappa shape index (κ2) is 10.8. The minimum Gasteiger partial charge on any atom is -0.370 e. The van der Waals surface area contributed by atoms with Gasteiger partial charge in [-0.2, -0.15) is 0 Å². The molecule has 1 aliphatic rings. The highest BCUT2D eigenvalue weighted by molar-refractivity contribution is 14.0. The average Bonchev–Trinajstić information content (AvgIpc) is 2.79. The number of likely N-dealkylation sites (tertiary alicyclic amines) is 1. The summed E-state index contributed by atoms with van der Waals surface area (Å²) in [5.74, 6) is 0.485. The molecule has 0 bridgehead atoms. The van der Waals surface area contributed by atoms with Crippen molar-refractivity contribution in [2.24, 2.45) is 10.7 Å². The lowest BCUT2D eigenvalue weighted by Gasteiger charge is -2.21. The van der Waals surface area contributed by atoms with Crippen LogP contribution in [-0.4, -0.2) is 49.0 Å². The summed E-state index contributed by atoms with van der Waals surface area (Å²) in [6, 6.07) is 6.64. The molecule has 1 heterocycles. The van der Waals surface area contributed by atoms with E-state index < -0.39 is 0 Å². The molecular weight excluding hydrogens is 406 g/mol. The molecule has 6 heteroatoms. The minimum atomic E-state index is -0.193. The molecule has 23 heavy (non-hydrogen) atoms. The molecule has 0 atom stereocenters. The summed E-state index contributed by atoms with van der Waals surface area (Å²) in [4.78, 5) is 8.88. The van der Waals surface area contributed by atoms with E-state index in [0.29, 0.717) is 12.5 Å². The molecule has 0 spiro atoms. The fourth-order valence-corrected chi connectivity index (χ4v) is 2.72. The van der Waals surface area contributed by atoms with Crippen molar-refractivity contribution in [3.63, 3.8) is 0 Å². The molecule has 0 saturated carbocycles. The quantitative estimate of drug-likeness (QED) is 0.440. The fraction of sp³-hybridized carbons (Fsp3) is 0.588. The predicted molar refractivity (Wildman–Crippen MR) is 105 cm³/mol. The molecule has 0 radical (unpaired) electrons. The summed E-state index contributed by atoms with van der Waals surface area (Å²) in [5, 5.41) is 0. The van der Waals surface area contributed by atoms with Crippen LogP contribution < -0.4 is 5.73 Å². The lowest BCUT2D eigenvalue weighted by atomic mass is 10.2. The Morgan fingerprint density at radius 3 is 2.39 bits per heavy atom. The Hall–Kier alpha value is -0.890. The van der Waals surface area contributed by atoms with Crippen LogP contribution in [0.25, 0.3) is 0 Å². The zero-order valence-corrected chi connectivity index (χ0v) is 16.2. The van der Waals surface area contributed by atoms with Crippen LogP contribution >= 0.6 is 24.0 Å². The van der Waals surface area contributed by atoms with Crippen molar-refractivity contribution in [2.75, 3.05) is 33.2 Å². The number of nitrogens with zero attached hydrogens (tertiary/aromatic N) is 3. The summed E-state index contributed by atoms with van der Waals surface area (Å²) < 4.78 is 12.9. The minimum absolute atomic E-state index is 0. The Labute approximate surface area is 156 Å². The van der Waals surface area contributed by atoms with Crippen molar-refractivity contribution in [1.82, 2.24) is 9.80 Å². The largest absolute Gasteiger partial charge is 0.370 e. The van der Waals surface area contributed by atoms with Crippen LogP contribution in [0.4, 0.5) is 4.39 Å². The fourth-order valence-electron chi connectivity index (χ4n) is 2.72. The Morgan fingerprint density at radius 1 is 1.17 bits per heavy atom. The third kappa shape index (κ3) is 7.48. The predicted octanol–water partition coefficient (Wildman–Crippen LogP) is 3.07. The molecule has 1 aromatic rings. The molecule has 0 unspecified atom stereocenters. The van der Waals surface area contributed by atoms with E-state index in [1.165, 1.54) is 37.8 Å². The highest BCUT2D eigenvalue weighted by atomic mass is 127. The number of likely N-dealkylation sites (N-methyl/N-ethyl adjacent to an activating group) is 1. The Balaban J connectivity index is 0.00000264. The van der Waals surface area contributed by atoms with Gasteiger partial charge in [-0.1, -0.05) is 25.0 Å². The van der Waals surface area contributed by atoms with Crippen LogP contribution in [0.15, 0.2) is 29.3 Å². The number of hydrogen-bond acceptors (Lipinski definition) is 2. The van der Waals surface area contributed by atoms with Crippen LogP contribution in [0.2, 0.25) is 0 Å². The van der Waals surface area contributed by atoms with Gasteiger partial charge >= 0.3 is 0 Å². The van der Waals surface area contributed by atoms with E-state index in [1.807, 2.05) is 19.2 Å². The molecule has 0 amide bonds. The van der Waals surface area contributed by atoms with Gasteiger partial charge in [0.25, 0.3) is 0 Å². The summed E-state index contributed by atoms with van der Waals surface area (Å²) in [5.41, 5.74) is 7.19. The van der Waals surface area contributed by atoms with Crippen molar-refractivity contribution in [3.05, 3.63) is 35.6 Å². The molecule has 2 N–H and O–H groups in total. The second-order valence-electron chi connectivity index (χ2n) is 6.01. The lowest BCUT2D eigenvalue weighted by molar-refractivity contribution is 0.335. The average molecular weight is 434 g/mol. The standard InChI is InChI=1S/C17H27FN4.HI/c1-21(14-15-6-8-16(18)9-7-15)13-10-20-17(19)22-11-4-2-3-5-12-22;/h6-9H,2-5,10-14H2,1H3,(H2,19,20);1H. The maximum Gasteiger partial charge on any atom is 0.191 e. The van der Waals surface area contributed by atoms with Crippen LogP contribution in [-0.2, 0) is 6.54 Å². The smallest absolute Gasteiger partial charge is 0.191 e. The van der Waals surface area contributed by atoms with E-state index in [9.17, 15) is 4.39 Å². The maximum absolute atomic E-state index is 12.9. The molecule has 4 nitrogen and oxygen atoms in total.